The molecule has 2 aliphatic heterocycles. The third-order valence-corrected chi connectivity index (χ3v) is 5.77. The fraction of sp³-hybridized carbons (Fsp3) is 0.444. The molecule has 32 heavy (non-hydrogen) atoms. The molecule has 0 radical (unpaired) electrons. The van der Waals surface area contributed by atoms with Gasteiger partial charge in [0, 0.05) is 42.6 Å². The van der Waals surface area contributed by atoms with Crippen LogP contribution < -0.4 is 4.74 Å². The third kappa shape index (κ3) is 9.05. The first-order chi connectivity index (χ1) is 15.6. The van der Waals surface area contributed by atoms with Gasteiger partial charge in [0.1, 0.15) is 11.9 Å². The van der Waals surface area contributed by atoms with Crippen LogP contribution in [0.3, 0.4) is 0 Å². The number of hydrogen-bond donors (Lipinski definition) is 0. The Hall–Kier alpha value is -2.30. The zero-order chi connectivity index (χ0) is 23.2. The number of hydrogen-bond acceptors (Lipinski definition) is 4. The van der Waals surface area contributed by atoms with Crippen molar-refractivity contribution in [2.75, 3.05) is 26.2 Å². The van der Waals surface area contributed by atoms with Crippen molar-refractivity contribution >= 4 is 17.9 Å². The average molecular weight is 457 g/mol. The number of ether oxygens (including phenoxy) is 1. The van der Waals surface area contributed by atoms with Gasteiger partial charge < -0.3 is 14.5 Å². The van der Waals surface area contributed by atoms with Crippen LogP contribution in [0.1, 0.15) is 46.5 Å². The summed E-state index contributed by atoms with van der Waals surface area (Å²) in [6, 6.07) is 7.60. The maximum atomic E-state index is 11.5. The summed E-state index contributed by atoms with van der Waals surface area (Å²) in [5, 5.41) is 0.732. The first kappa shape index (κ1) is 26.0. The van der Waals surface area contributed by atoms with Gasteiger partial charge in [-0.2, -0.15) is 0 Å². The van der Waals surface area contributed by atoms with E-state index in [9.17, 15) is 4.79 Å². The number of benzene rings is 1. The van der Waals surface area contributed by atoms with Gasteiger partial charge in [-0.1, -0.05) is 43.7 Å². The van der Waals surface area contributed by atoms with Gasteiger partial charge in [0.25, 0.3) is 0 Å². The van der Waals surface area contributed by atoms with E-state index in [2.05, 4.69) is 28.0 Å². The van der Waals surface area contributed by atoms with E-state index in [1.165, 1.54) is 0 Å². The van der Waals surface area contributed by atoms with Crippen LogP contribution >= 0.6 is 11.6 Å². The molecule has 5 heteroatoms. The number of allylic oxidation sites excluding steroid dienone is 6. The summed E-state index contributed by atoms with van der Waals surface area (Å²) >= 11 is 5.94. The zero-order valence-electron chi connectivity index (χ0n) is 19.7. The summed E-state index contributed by atoms with van der Waals surface area (Å²) in [7, 11) is 0. The Labute approximate surface area is 198 Å². The molecule has 0 amide bonds. The zero-order valence-corrected chi connectivity index (χ0v) is 20.4. The lowest BCUT2D eigenvalue weighted by Gasteiger charge is -2.32. The first-order valence-corrected chi connectivity index (χ1v) is 12.1. The summed E-state index contributed by atoms with van der Waals surface area (Å²) in [4.78, 5) is 16.1. The van der Waals surface area contributed by atoms with E-state index < -0.39 is 0 Å². The predicted octanol–water partition coefficient (Wildman–Crippen LogP) is 6.40. The van der Waals surface area contributed by atoms with E-state index in [0.717, 1.165) is 80.1 Å². The maximum Gasteiger partial charge on any atom is 0.151 e. The molecule has 3 rings (SSSR count). The second-order valence-electron chi connectivity index (χ2n) is 7.80. The highest BCUT2D eigenvalue weighted by molar-refractivity contribution is 6.30. The largest absolute Gasteiger partial charge is 0.490 e. The minimum Gasteiger partial charge on any atom is -0.490 e. The normalized spacial score (nSPS) is 21.9. The van der Waals surface area contributed by atoms with Gasteiger partial charge in [0.2, 0.25) is 0 Å². The Morgan fingerprint density at radius 3 is 2.50 bits per heavy atom. The van der Waals surface area contributed by atoms with Crippen LogP contribution in [0, 0.1) is 0 Å². The molecule has 1 saturated heterocycles. The van der Waals surface area contributed by atoms with Crippen molar-refractivity contribution in [3.8, 4) is 5.75 Å². The number of piperidine rings is 1. The molecule has 0 bridgehead atoms. The molecule has 0 saturated carbocycles. The van der Waals surface area contributed by atoms with Crippen molar-refractivity contribution < 1.29 is 9.53 Å². The van der Waals surface area contributed by atoms with E-state index in [1.807, 2.05) is 63.5 Å². The Morgan fingerprint density at radius 2 is 1.81 bits per heavy atom. The lowest BCUT2D eigenvalue weighted by atomic mass is 10.1. The molecule has 0 N–H and O–H groups in total. The van der Waals surface area contributed by atoms with Gasteiger partial charge in [0.15, 0.2) is 6.29 Å². The maximum absolute atomic E-state index is 11.5. The Kier molecular flexibility index (Phi) is 11.9. The Balaban J connectivity index is 0.00000176. The fourth-order valence-corrected chi connectivity index (χ4v) is 3.83. The minimum absolute atomic E-state index is 0.270. The molecule has 1 fully saturated rings. The van der Waals surface area contributed by atoms with Crippen LogP contribution in [-0.2, 0) is 4.79 Å². The Morgan fingerprint density at radius 1 is 1.09 bits per heavy atom. The van der Waals surface area contributed by atoms with Crippen molar-refractivity contribution in [2.45, 2.75) is 52.6 Å². The molecule has 0 unspecified atom stereocenters. The second kappa shape index (κ2) is 14.7. The van der Waals surface area contributed by atoms with Crippen molar-refractivity contribution in [2.24, 2.45) is 0 Å². The minimum atomic E-state index is 0.270. The number of carbonyl (C=O) groups is 1. The molecule has 1 aromatic carbocycles. The lowest BCUT2D eigenvalue weighted by Crippen LogP contribution is -2.39. The van der Waals surface area contributed by atoms with Crippen LogP contribution in [0.2, 0.25) is 5.02 Å². The van der Waals surface area contributed by atoms with Crippen LogP contribution in [0.25, 0.3) is 0 Å². The van der Waals surface area contributed by atoms with Gasteiger partial charge in [-0.05, 0) is 75.1 Å². The van der Waals surface area contributed by atoms with Crippen molar-refractivity contribution in [3.05, 3.63) is 77.1 Å². The van der Waals surface area contributed by atoms with Crippen LogP contribution in [0.5, 0.6) is 5.75 Å². The molecular weight excluding hydrogens is 420 g/mol. The van der Waals surface area contributed by atoms with Gasteiger partial charge in [-0.3, -0.25) is 4.79 Å². The number of rotatable bonds is 7. The molecule has 2 heterocycles. The van der Waals surface area contributed by atoms with Gasteiger partial charge in [-0.15, -0.1) is 0 Å². The number of halogens is 1. The monoisotopic (exact) mass is 456 g/mol. The quantitative estimate of drug-likeness (QED) is 0.444. The number of carbonyl (C=O) groups excluding carboxylic acids is 1. The molecule has 0 aliphatic carbocycles. The van der Waals surface area contributed by atoms with Crippen molar-refractivity contribution in [3.63, 3.8) is 0 Å². The first-order valence-electron chi connectivity index (χ1n) is 11.7. The molecule has 2 aliphatic rings. The van der Waals surface area contributed by atoms with Crippen LogP contribution in [0.15, 0.2) is 72.1 Å². The fourth-order valence-electron chi connectivity index (χ4n) is 3.70. The molecule has 0 atom stereocenters. The summed E-state index contributed by atoms with van der Waals surface area (Å²) in [5.74, 6) is 0.893. The van der Waals surface area contributed by atoms with Gasteiger partial charge in [-0.25, -0.2) is 0 Å². The summed E-state index contributed by atoms with van der Waals surface area (Å²) in [5.41, 5.74) is 1.77. The van der Waals surface area contributed by atoms with Crippen LogP contribution in [-0.4, -0.2) is 48.4 Å². The number of aldehydes is 1. The van der Waals surface area contributed by atoms with Gasteiger partial charge in [0.05, 0.1) is 0 Å². The average Bonchev–Trinajstić information content (AvgIpc) is 2.82. The van der Waals surface area contributed by atoms with E-state index in [4.69, 9.17) is 16.3 Å². The second-order valence-corrected chi connectivity index (χ2v) is 8.24. The van der Waals surface area contributed by atoms with E-state index >= 15 is 0 Å². The molecule has 0 spiro atoms. The smallest absolute Gasteiger partial charge is 0.151 e. The third-order valence-electron chi connectivity index (χ3n) is 5.51. The highest BCUT2D eigenvalue weighted by Gasteiger charge is 2.20. The number of likely N-dealkylation sites (tertiary alicyclic amines) is 1. The highest BCUT2D eigenvalue weighted by atomic mass is 35.5. The molecular formula is C27H37ClN2O2. The summed E-state index contributed by atoms with van der Waals surface area (Å²) in [6.07, 6.45) is 17.5. The van der Waals surface area contributed by atoms with E-state index in [1.54, 1.807) is 0 Å². The summed E-state index contributed by atoms with van der Waals surface area (Å²) < 4.78 is 6.09. The predicted molar refractivity (Wildman–Crippen MR) is 135 cm³/mol. The topological polar surface area (TPSA) is 32.8 Å². The standard InChI is InChI=1S/C25H31ClN2O2.C2H6/c1-21-7-4-2-3-5-14-28(19-22(21)20-29)16-6-15-27-17-12-25(13-18-27)30-24-10-8-23(26)9-11-24;1-2/h2-3,5,7-11,14,19-20,25H,4,6,12-13,15-18H2,1H3;1-2H3/b3-2?,14-5+,21-7+,22-19-;. The van der Waals surface area contributed by atoms with Crippen LogP contribution in [0.4, 0.5) is 0 Å². The number of nitrogens with zero attached hydrogens (tertiary/aromatic N) is 2. The molecule has 0 aromatic heterocycles. The highest BCUT2D eigenvalue weighted by Crippen LogP contribution is 2.21. The van der Waals surface area contributed by atoms with E-state index in [0.29, 0.717) is 0 Å². The molecule has 1 aromatic rings. The molecule has 4 nitrogen and oxygen atoms in total. The molecule has 174 valence electrons. The van der Waals surface area contributed by atoms with Crippen molar-refractivity contribution in [1.29, 1.82) is 0 Å². The van der Waals surface area contributed by atoms with Gasteiger partial charge >= 0.3 is 0 Å². The van der Waals surface area contributed by atoms with Crippen molar-refractivity contribution in [1.82, 2.24) is 9.80 Å². The van der Waals surface area contributed by atoms with E-state index in [-0.39, 0.29) is 6.10 Å². The lowest BCUT2D eigenvalue weighted by molar-refractivity contribution is -0.104. The Bertz CT molecular complexity index is 803. The summed E-state index contributed by atoms with van der Waals surface area (Å²) in [6.45, 7) is 10.0. The SMILES string of the molecule is CC.CC1=C\CC=C/C=C/N(CCCN2CCC(Oc3ccc(Cl)cc3)CC2)/C=C\1C=O.